The molecule has 0 spiro atoms. The molecular weight excluding hydrogens is 256 g/mol. The van der Waals surface area contributed by atoms with Gasteiger partial charge in [0.2, 0.25) is 0 Å². The Balaban J connectivity index is 1.87. The third-order valence-electron chi connectivity index (χ3n) is 2.84. The van der Waals surface area contributed by atoms with E-state index in [0.29, 0.717) is 11.3 Å². The second kappa shape index (κ2) is 4.65. The van der Waals surface area contributed by atoms with Gasteiger partial charge in [0, 0.05) is 11.9 Å². The Morgan fingerprint density at radius 3 is 2.95 bits per heavy atom. The highest BCUT2D eigenvalue weighted by molar-refractivity contribution is 6.04. The number of aromatic amines is 1. The predicted octanol–water partition coefficient (Wildman–Crippen LogP) is 2.22. The van der Waals surface area contributed by atoms with Crippen molar-refractivity contribution in [3.63, 3.8) is 0 Å². The van der Waals surface area contributed by atoms with Crippen molar-refractivity contribution in [1.29, 1.82) is 0 Å². The Morgan fingerprint density at radius 2 is 2.15 bits per heavy atom. The van der Waals surface area contributed by atoms with E-state index in [-0.39, 0.29) is 11.7 Å². The van der Waals surface area contributed by atoms with E-state index in [1.165, 1.54) is 18.5 Å². The Hall–Kier alpha value is -2.89. The summed E-state index contributed by atoms with van der Waals surface area (Å²) >= 11 is 0. The second-order valence-corrected chi connectivity index (χ2v) is 4.44. The van der Waals surface area contributed by atoms with Crippen LogP contribution in [0.2, 0.25) is 0 Å². The number of carbonyl (C=O) groups is 1. The minimum Gasteiger partial charge on any atom is -0.506 e. The minimum absolute atomic E-state index is 0.0442. The zero-order valence-corrected chi connectivity index (χ0v) is 10.7. The SMILES string of the molecule is Cc1nc2ccc(NC(=O)c3cncc(O)c3)cc2[nH]1. The van der Waals surface area contributed by atoms with Gasteiger partial charge in [-0.05, 0) is 31.2 Å². The molecule has 3 rings (SSSR count). The van der Waals surface area contributed by atoms with Gasteiger partial charge in [-0.1, -0.05) is 0 Å². The van der Waals surface area contributed by atoms with Crippen LogP contribution in [0.4, 0.5) is 5.69 Å². The van der Waals surface area contributed by atoms with Gasteiger partial charge in [-0.15, -0.1) is 0 Å². The minimum atomic E-state index is -0.330. The van der Waals surface area contributed by atoms with Crippen LogP contribution < -0.4 is 5.32 Å². The number of fused-ring (bicyclic) bond motifs is 1. The van der Waals surface area contributed by atoms with Crippen LogP contribution in [0.3, 0.4) is 0 Å². The van der Waals surface area contributed by atoms with Gasteiger partial charge in [-0.2, -0.15) is 0 Å². The molecular formula is C14H12N4O2. The fourth-order valence-corrected chi connectivity index (χ4v) is 1.97. The molecule has 6 heteroatoms. The Morgan fingerprint density at radius 1 is 1.30 bits per heavy atom. The maximum atomic E-state index is 12.0. The molecule has 1 aromatic carbocycles. The highest BCUT2D eigenvalue weighted by Crippen LogP contribution is 2.18. The number of carbonyl (C=O) groups excluding carboxylic acids is 1. The first-order chi connectivity index (χ1) is 9.61. The van der Waals surface area contributed by atoms with E-state index < -0.39 is 0 Å². The number of rotatable bonds is 2. The van der Waals surface area contributed by atoms with E-state index in [9.17, 15) is 9.90 Å². The lowest BCUT2D eigenvalue weighted by atomic mass is 10.2. The smallest absolute Gasteiger partial charge is 0.257 e. The lowest BCUT2D eigenvalue weighted by Gasteiger charge is -2.05. The summed E-state index contributed by atoms with van der Waals surface area (Å²) in [6, 6.07) is 6.77. The number of aromatic nitrogens is 3. The van der Waals surface area contributed by atoms with Gasteiger partial charge in [0.1, 0.15) is 11.6 Å². The summed E-state index contributed by atoms with van der Waals surface area (Å²) < 4.78 is 0. The third-order valence-corrected chi connectivity index (χ3v) is 2.84. The van der Waals surface area contributed by atoms with Crippen molar-refractivity contribution in [1.82, 2.24) is 15.0 Å². The van der Waals surface area contributed by atoms with E-state index >= 15 is 0 Å². The van der Waals surface area contributed by atoms with Crippen molar-refractivity contribution in [3.05, 3.63) is 48.0 Å². The molecule has 0 saturated carbocycles. The molecule has 0 radical (unpaired) electrons. The number of amides is 1. The normalized spacial score (nSPS) is 10.7. The summed E-state index contributed by atoms with van der Waals surface area (Å²) in [7, 11) is 0. The number of hydrogen-bond acceptors (Lipinski definition) is 4. The van der Waals surface area contributed by atoms with E-state index in [4.69, 9.17) is 0 Å². The van der Waals surface area contributed by atoms with E-state index in [1.807, 2.05) is 19.1 Å². The average molecular weight is 268 g/mol. The van der Waals surface area contributed by atoms with Gasteiger partial charge in [-0.3, -0.25) is 9.78 Å². The Bertz CT molecular complexity index is 795. The third kappa shape index (κ3) is 2.31. The maximum Gasteiger partial charge on any atom is 0.257 e. The summed E-state index contributed by atoms with van der Waals surface area (Å²) in [4.78, 5) is 23.2. The number of aromatic hydroxyl groups is 1. The second-order valence-electron chi connectivity index (χ2n) is 4.44. The van der Waals surface area contributed by atoms with Gasteiger partial charge < -0.3 is 15.4 Å². The van der Waals surface area contributed by atoms with Gasteiger partial charge in [-0.25, -0.2) is 4.98 Å². The fourth-order valence-electron chi connectivity index (χ4n) is 1.97. The summed E-state index contributed by atoms with van der Waals surface area (Å²) in [6.45, 7) is 1.87. The lowest BCUT2D eigenvalue weighted by Crippen LogP contribution is -2.11. The molecule has 0 atom stereocenters. The molecule has 0 saturated heterocycles. The zero-order chi connectivity index (χ0) is 14.1. The predicted molar refractivity (Wildman–Crippen MR) is 74.7 cm³/mol. The number of hydrogen-bond donors (Lipinski definition) is 3. The number of anilines is 1. The van der Waals surface area contributed by atoms with Gasteiger partial charge >= 0.3 is 0 Å². The number of pyridine rings is 1. The van der Waals surface area contributed by atoms with Crippen LogP contribution in [0.5, 0.6) is 5.75 Å². The van der Waals surface area contributed by atoms with Crippen LogP contribution >= 0.6 is 0 Å². The van der Waals surface area contributed by atoms with Crippen molar-refractivity contribution in [2.45, 2.75) is 6.92 Å². The van der Waals surface area contributed by atoms with Crippen LogP contribution in [-0.2, 0) is 0 Å². The van der Waals surface area contributed by atoms with Crippen molar-refractivity contribution >= 4 is 22.6 Å². The van der Waals surface area contributed by atoms with Crippen LogP contribution in [0.25, 0.3) is 11.0 Å². The number of nitrogens with zero attached hydrogens (tertiary/aromatic N) is 2. The molecule has 0 aliphatic heterocycles. The quantitative estimate of drug-likeness (QED) is 0.664. The first-order valence-electron chi connectivity index (χ1n) is 6.03. The number of H-pyrrole nitrogens is 1. The molecule has 2 aromatic heterocycles. The largest absolute Gasteiger partial charge is 0.506 e. The number of nitrogens with one attached hydrogen (secondary N) is 2. The molecule has 0 aliphatic rings. The van der Waals surface area contributed by atoms with Crippen molar-refractivity contribution < 1.29 is 9.90 Å². The molecule has 0 unspecified atom stereocenters. The average Bonchev–Trinajstić information content (AvgIpc) is 2.78. The van der Waals surface area contributed by atoms with Crippen LogP contribution in [-0.4, -0.2) is 26.0 Å². The summed E-state index contributed by atoms with van der Waals surface area (Å²) in [5.41, 5.74) is 2.65. The molecule has 0 bridgehead atoms. The maximum absolute atomic E-state index is 12.0. The molecule has 3 N–H and O–H groups in total. The van der Waals surface area contributed by atoms with Crippen LogP contribution in [0.15, 0.2) is 36.7 Å². The molecule has 20 heavy (non-hydrogen) atoms. The molecule has 0 fully saturated rings. The zero-order valence-electron chi connectivity index (χ0n) is 10.7. The molecule has 100 valence electrons. The van der Waals surface area contributed by atoms with Gasteiger partial charge in [0.05, 0.1) is 22.8 Å². The standard InChI is InChI=1S/C14H12N4O2/c1-8-16-12-3-2-10(5-13(12)17-8)18-14(20)9-4-11(19)7-15-6-9/h2-7,19H,1H3,(H,16,17)(H,18,20). The highest BCUT2D eigenvalue weighted by atomic mass is 16.3. The van der Waals surface area contributed by atoms with E-state index in [2.05, 4.69) is 20.3 Å². The van der Waals surface area contributed by atoms with Crippen LogP contribution in [0, 0.1) is 6.92 Å². The number of benzene rings is 1. The monoisotopic (exact) mass is 268 g/mol. The van der Waals surface area contributed by atoms with E-state index in [0.717, 1.165) is 16.9 Å². The Labute approximate surface area is 114 Å². The van der Waals surface area contributed by atoms with Crippen LogP contribution in [0.1, 0.15) is 16.2 Å². The fraction of sp³-hybridized carbons (Fsp3) is 0.0714. The molecule has 3 aromatic rings. The van der Waals surface area contributed by atoms with Crippen molar-refractivity contribution in [3.8, 4) is 5.75 Å². The number of aryl methyl sites for hydroxylation is 1. The molecule has 1 amide bonds. The van der Waals surface area contributed by atoms with Crippen molar-refractivity contribution in [2.75, 3.05) is 5.32 Å². The first kappa shape index (κ1) is 12.2. The molecule has 2 heterocycles. The molecule has 6 nitrogen and oxygen atoms in total. The summed E-state index contributed by atoms with van der Waals surface area (Å²) in [6.07, 6.45) is 2.67. The van der Waals surface area contributed by atoms with Crippen molar-refractivity contribution in [2.24, 2.45) is 0 Å². The summed E-state index contributed by atoms with van der Waals surface area (Å²) in [5.74, 6) is 0.446. The summed E-state index contributed by atoms with van der Waals surface area (Å²) in [5, 5.41) is 12.1. The van der Waals surface area contributed by atoms with Gasteiger partial charge in [0.25, 0.3) is 5.91 Å². The Kier molecular flexibility index (Phi) is 2.83. The van der Waals surface area contributed by atoms with E-state index in [1.54, 1.807) is 6.07 Å². The number of imidazole rings is 1. The highest BCUT2D eigenvalue weighted by Gasteiger charge is 2.08. The lowest BCUT2D eigenvalue weighted by molar-refractivity contribution is 0.102. The van der Waals surface area contributed by atoms with Gasteiger partial charge in [0.15, 0.2) is 0 Å². The first-order valence-corrected chi connectivity index (χ1v) is 6.03. The molecule has 0 aliphatic carbocycles. The topological polar surface area (TPSA) is 90.9 Å².